The molecule has 1 fully saturated rings. The highest BCUT2D eigenvalue weighted by atomic mass is 19.4. The van der Waals surface area contributed by atoms with Gasteiger partial charge in [-0.3, -0.25) is 4.79 Å². The van der Waals surface area contributed by atoms with Gasteiger partial charge in [0.15, 0.2) is 0 Å². The van der Waals surface area contributed by atoms with Crippen molar-refractivity contribution in [3.8, 4) is 11.1 Å². The Kier molecular flexibility index (Phi) is 6.44. The van der Waals surface area contributed by atoms with Gasteiger partial charge in [-0.05, 0) is 60.4 Å². The summed E-state index contributed by atoms with van der Waals surface area (Å²) < 4.78 is 60.1. The molecule has 0 spiro atoms. The lowest BCUT2D eigenvalue weighted by Gasteiger charge is -2.22. The lowest BCUT2D eigenvalue weighted by molar-refractivity contribution is -0.183. The summed E-state index contributed by atoms with van der Waals surface area (Å²) in [6, 6.07) is 17.8. The number of rotatable bonds is 8. The number of ether oxygens (including phenoxy) is 1. The van der Waals surface area contributed by atoms with Crippen molar-refractivity contribution >= 4 is 17.3 Å². The minimum Gasteiger partial charge on any atom is -0.460 e. The fraction of sp³-hybridized carbons (Fsp3) is 0.207. The Morgan fingerprint density at radius 3 is 2.43 bits per heavy atom. The topological polar surface area (TPSA) is 51.2 Å². The van der Waals surface area contributed by atoms with Crippen LogP contribution in [0.3, 0.4) is 0 Å². The first-order valence-corrected chi connectivity index (χ1v) is 11.7. The lowest BCUT2D eigenvalue weighted by atomic mass is 9.96. The first-order chi connectivity index (χ1) is 17.7. The number of carbonyl (C=O) groups excluding carboxylic acids is 1. The average Bonchev–Trinajstić information content (AvgIpc) is 3.69. The molecule has 1 aromatic heterocycles. The van der Waals surface area contributed by atoms with Crippen LogP contribution in [0.5, 0.6) is 0 Å². The van der Waals surface area contributed by atoms with E-state index in [1.165, 1.54) is 18.2 Å². The largest absolute Gasteiger partial charge is 0.460 e. The van der Waals surface area contributed by atoms with Crippen LogP contribution in [0.2, 0.25) is 0 Å². The fourth-order valence-corrected chi connectivity index (χ4v) is 4.22. The molecule has 2 aromatic carbocycles. The van der Waals surface area contributed by atoms with Crippen molar-refractivity contribution in [3.05, 3.63) is 108 Å². The molecule has 1 saturated carbocycles. The maximum atomic E-state index is 14.8. The Morgan fingerprint density at radius 1 is 1.03 bits per heavy atom. The quantitative estimate of drug-likeness (QED) is 0.255. The van der Waals surface area contributed by atoms with Gasteiger partial charge in [0.25, 0.3) is 0 Å². The summed E-state index contributed by atoms with van der Waals surface area (Å²) in [6.07, 6.45) is -0.949. The third kappa shape index (κ3) is 5.34. The van der Waals surface area contributed by atoms with Gasteiger partial charge in [-0.15, -0.1) is 0 Å². The molecular weight excluding hydrogens is 484 g/mol. The predicted octanol–water partition coefficient (Wildman–Crippen LogP) is 7.43. The molecular formula is C29H22F4N2O2. The molecule has 3 aromatic rings. The number of allylic oxidation sites excluding steroid dienone is 3. The summed E-state index contributed by atoms with van der Waals surface area (Å²) in [5.74, 6) is -0.446. The van der Waals surface area contributed by atoms with Gasteiger partial charge in [-0.1, -0.05) is 36.1 Å². The van der Waals surface area contributed by atoms with Gasteiger partial charge in [0, 0.05) is 35.9 Å². The van der Waals surface area contributed by atoms with Gasteiger partial charge in [0.05, 0.1) is 0 Å². The van der Waals surface area contributed by atoms with Crippen molar-refractivity contribution < 1.29 is 27.1 Å². The van der Waals surface area contributed by atoms with E-state index >= 15 is 0 Å². The molecule has 5 rings (SSSR count). The van der Waals surface area contributed by atoms with Gasteiger partial charge in [0.1, 0.15) is 34.9 Å². The molecule has 0 amide bonds. The van der Waals surface area contributed by atoms with Crippen molar-refractivity contribution in [1.29, 1.82) is 0 Å². The normalized spacial score (nSPS) is 15.9. The second-order valence-electron chi connectivity index (χ2n) is 9.12. The minimum atomic E-state index is -4.42. The molecule has 4 nitrogen and oxygen atoms in total. The molecule has 188 valence electrons. The van der Waals surface area contributed by atoms with E-state index in [2.05, 4.69) is 16.0 Å². The molecule has 1 N–H and O–H groups in total. The predicted molar refractivity (Wildman–Crippen MR) is 131 cm³/mol. The van der Waals surface area contributed by atoms with Crippen LogP contribution in [0.1, 0.15) is 24.8 Å². The van der Waals surface area contributed by atoms with Gasteiger partial charge in [-0.2, -0.15) is 13.2 Å². The second-order valence-corrected chi connectivity index (χ2v) is 9.12. The van der Waals surface area contributed by atoms with Crippen LogP contribution in [0.4, 0.5) is 29.1 Å². The number of aromatic nitrogens is 1. The van der Waals surface area contributed by atoms with Crippen molar-refractivity contribution in [1.82, 2.24) is 4.98 Å². The molecule has 37 heavy (non-hydrogen) atoms. The third-order valence-corrected chi connectivity index (χ3v) is 6.47. The number of benzene rings is 2. The maximum Gasteiger partial charge on any atom is 0.401 e. The van der Waals surface area contributed by atoms with E-state index in [0.29, 0.717) is 16.9 Å². The van der Waals surface area contributed by atoms with Crippen LogP contribution in [0.15, 0.2) is 96.3 Å². The number of Topliss-reactive ketones (excluding diaryl/α,β-unsaturated/α-hetero) is 1. The molecule has 1 aliphatic carbocycles. The zero-order valence-electron chi connectivity index (χ0n) is 19.6. The molecule has 0 saturated heterocycles. The Hall–Kier alpha value is -4.16. The standard InChI is InChI=1S/C29H22F4N2O2/c30-25-17-20(22-8-9-27(34-18-22)35-23-4-2-1-3-5-23)6-7-21(25)16-24(36)14-19-10-13-37-26(15-19)28(11-12-28)29(31,32)33/h1-9,13,15,17-18H,11-12,14,16H2,(H,34,35). The summed E-state index contributed by atoms with van der Waals surface area (Å²) in [5, 5.41) is 3.18. The lowest BCUT2D eigenvalue weighted by Crippen LogP contribution is -2.27. The number of ketones is 1. The van der Waals surface area contributed by atoms with Crippen LogP contribution in [-0.2, 0) is 16.0 Å². The van der Waals surface area contributed by atoms with Crippen LogP contribution < -0.4 is 5.32 Å². The highest BCUT2D eigenvalue weighted by molar-refractivity contribution is 5.84. The van der Waals surface area contributed by atoms with Crippen LogP contribution in [0.25, 0.3) is 11.1 Å². The van der Waals surface area contributed by atoms with E-state index in [0.717, 1.165) is 11.9 Å². The number of nitrogens with one attached hydrogen (secondary N) is 1. The zero-order chi connectivity index (χ0) is 26.0. The van der Waals surface area contributed by atoms with E-state index < -0.39 is 17.4 Å². The highest BCUT2D eigenvalue weighted by Gasteiger charge is 2.67. The molecule has 1 aliphatic heterocycles. The Labute approximate surface area is 211 Å². The van der Waals surface area contributed by atoms with Gasteiger partial charge >= 0.3 is 6.18 Å². The zero-order valence-corrected chi connectivity index (χ0v) is 19.6. The Bertz CT molecular complexity index is 1420. The summed E-state index contributed by atoms with van der Waals surface area (Å²) in [6.45, 7) is 0. The monoisotopic (exact) mass is 506 g/mol. The Balaban J connectivity index is 1.23. The molecule has 0 bridgehead atoms. The summed E-state index contributed by atoms with van der Waals surface area (Å²) in [7, 11) is 0. The minimum absolute atomic E-state index is 0.0449. The first kappa shape index (κ1) is 24.5. The first-order valence-electron chi connectivity index (χ1n) is 11.7. The number of para-hydroxylation sites is 1. The highest BCUT2D eigenvalue weighted by Crippen LogP contribution is 2.63. The van der Waals surface area contributed by atoms with Gasteiger partial charge in [0.2, 0.25) is 0 Å². The molecule has 0 radical (unpaired) electrons. The number of hydrogen-bond acceptors (Lipinski definition) is 4. The number of halogens is 4. The fourth-order valence-electron chi connectivity index (χ4n) is 4.22. The van der Waals surface area contributed by atoms with Crippen LogP contribution in [0, 0.1) is 11.2 Å². The third-order valence-electron chi connectivity index (χ3n) is 6.47. The second kappa shape index (κ2) is 9.71. The van der Waals surface area contributed by atoms with Crippen LogP contribution >= 0.6 is 0 Å². The molecule has 0 unspecified atom stereocenters. The summed E-state index contributed by atoms with van der Waals surface area (Å²) in [4.78, 5) is 17.0. The van der Waals surface area contributed by atoms with Crippen molar-refractivity contribution in [3.63, 3.8) is 0 Å². The molecule has 2 aliphatic rings. The summed E-state index contributed by atoms with van der Waals surface area (Å²) in [5.41, 5.74) is 3.41. The summed E-state index contributed by atoms with van der Waals surface area (Å²) >= 11 is 0. The number of nitrogens with zero attached hydrogens (tertiary/aromatic N) is 1. The van der Waals surface area contributed by atoms with Crippen molar-refractivity contribution in [2.24, 2.45) is 5.41 Å². The van der Waals surface area contributed by atoms with E-state index in [1.807, 2.05) is 36.4 Å². The van der Waals surface area contributed by atoms with Crippen molar-refractivity contribution in [2.45, 2.75) is 31.9 Å². The van der Waals surface area contributed by atoms with Gasteiger partial charge in [-0.25, -0.2) is 9.37 Å². The van der Waals surface area contributed by atoms with E-state index in [4.69, 9.17) is 4.74 Å². The van der Waals surface area contributed by atoms with Gasteiger partial charge < -0.3 is 10.1 Å². The number of hydrogen-bond donors (Lipinski definition) is 1. The number of carbonyl (C=O) groups is 1. The molecule has 0 atom stereocenters. The van der Waals surface area contributed by atoms with E-state index in [1.54, 1.807) is 18.3 Å². The Morgan fingerprint density at radius 2 is 1.78 bits per heavy atom. The molecule has 2 heterocycles. The molecule has 8 heteroatoms. The average molecular weight is 506 g/mol. The smallest absolute Gasteiger partial charge is 0.401 e. The number of pyridine rings is 1. The van der Waals surface area contributed by atoms with E-state index in [9.17, 15) is 22.4 Å². The maximum absolute atomic E-state index is 14.8. The van der Waals surface area contributed by atoms with E-state index in [-0.39, 0.29) is 48.4 Å². The SMILES string of the molecule is O=C(CC1=C=COC(C2(C(F)(F)F)CC2)=C1)Cc1ccc(-c2ccc(Nc3ccccc3)nc2)cc1F. The van der Waals surface area contributed by atoms with Crippen molar-refractivity contribution in [2.75, 3.05) is 5.32 Å². The van der Waals surface area contributed by atoms with Crippen LogP contribution in [-0.4, -0.2) is 16.9 Å². The number of alkyl halides is 3. The number of anilines is 2.